The molecule has 0 bridgehead atoms. The largest absolute Gasteiger partial charge is 0.504 e. The molecule has 1 saturated heterocycles. The monoisotopic (exact) mass is 390 g/mol. The minimum atomic E-state index is -1.56. The van der Waals surface area contributed by atoms with Gasteiger partial charge in [0.2, 0.25) is 5.75 Å². The summed E-state index contributed by atoms with van der Waals surface area (Å²) < 4.78 is 20.9. The summed E-state index contributed by atoms with van der Waals surface area (Å²) in [6, 6.07) is 2.95. The molecule has 1 aliphatic rings. The Hall–Kier alpha value is -1.66. The Labute approximate surface area is 156 Å². The number of rotatable bonds is 8. The molecule has 10 nitrogen and oxygen atoms in total. The molecular formula is C17H26O10. The van der Waals surface area contributed by atoms with Gasteiger partial charge in [-0.25, -0.2) is 0 Å². The number of ether oxygens (including phenoxy) is 4. The number of methoxy groups -OCH3 is 2. The van der Waals surface area contributed by atoms with Crippen LogP contribution in [0, 0.1) is 0 Å². The Morgan fingerprint density at radius 3 is 2.30 bits per heavy atom. The maximum Gasteiger partial charge on any atom is 0.203 e. The van der Waals surface area contributed by atoms with E-state index in [1.54, 1.807) is 6.07 Å². The number of hydrogen-bond donors (Lipinski definition) is 6. The molecule has 27 heavy (non-hydrogen) atoms. The molecule has 2 rings (SSSR count). The maximum absolute atomic E-state index is 10.1. The van der Waals surface area contributed by atoms with Crippen molar-refractivity contribution in [1.29, 1.82) is 0 Å². The molecule has 154 valence electrons. The lowest BCUT2D eigenvalue weighted by molar-refractivity contribution is -0.302. The first-order valence-corrected chi connectivity index (χ1v) is 8.35. The van der Waals surface area contributed by atoms with Gasteiger partial charge < -0.3 is 49.6 Å². The second-order valence-electron chi connectivity index (χ2n) is 6.19. The molecule has 1 heterocycles. The van der Waals surface area contributed by atoms with Crippen LogP contribution in [0.25, 0.3) is 0 Å². The average Bonchev–Trinajstić information content (AvgIpc) is 2.67. The van der Waals surface area contributed by atoms with Gasteiger partial charge in [0.1, 0.15) is 24.4 Å². The van der Waals surface area contributed by atoms with E-state index in [0.29, 0.717) is 5.56 Å². The summed E-state index contributed by atoms with van der Waals surface area (Å²) in [6.07, 6.45) is -6.99. The van der Waals surface area contributed by atoms with Crippen molar-refractivity contribution in [3.8, 4) is 17.2 Å². The number of phenols is 1. The number of hydrogen-bond acceptors (Lipinski definition) is 10. The number of aromatic hydroxyl groups is 1. The number of aliphatic hydroxyl groups is 5. The molecule has 1 aliphatic heterocycles. The molecule has 0 saturated carbocycles. The highest BCUT2D eigenvalue weighted by Crippen LogP contribution is 2.39. The van der Waals surface area contributed by atoms with Crippen LogP contribution in [0.3, 0.4) is 0 Å². The third-order valence-corrected chi connectivity index (χ3v) is 4.48. The van der Waals surface area contributed by atoms with Gasteiger partial charge in [0.25, 0.3) is 0 Å². The van der Waals surface area contributed by atoms with Gasteiger partial charge in [0.05, 0.1) is 34.0 Å². The molecule has 0 spiro atoms. The highest BCUT2D eigenvalue weighted by molar-refractivity contribution is 5.53. The fourth-order valence-electron chi connectivity index (χ4n) is 2.87. The van der Waals surface area contributed by atoms with E-state index in [-0.39, 0.29) is 30.5 Å². The van der Waals surface area contributed by atoms with Crippen molar-refractivity contribution in [3.05, 3.63) is 17.7 Å². The minimum absolute atomic E-state index is 0.145. The first kappa shape index (κ1) is 21.6. The minimum Gasteiger partial charge on any atom is -0.504 e. The highest BCUT2D eigenvalue weighted by Gasteiger charge is 2.44. The Balaban J connectivity index is 2.12. The zero-order valence-corrected chi connectivity index (χ0v) is 15.1. The topological polar surface area (TPSA) is 158 Å². The van der Waals surface area contributed by atoms with E-state index in [9.17, 15) is 30.6 Å². The fourth-order valence-corrected chi connectivity index (χ4v) is 2.87. The van der Waals surface area contributed by atoms with Crippen molar-refractivity contribution in [2.45, 2.75) is 36.6 Å². The van der Waals surface area contributed by atoms with Crippen LogP contribution in [0.5, 0.6) is 17.2 Å². The molecule has 1 aromatic carbocycles. The first-order chi connectivity index (χ1) is 12.9. The van der Waals surface area contributed by atoms with E-state index < -0.39 is 43.2 Å². The lowest BCUT2D eigenvalue weighted by atomic mass is 9.98. The number of phenolic OH excluding ortho intramolecular Hbond substituents is 1. The van der Waals surface area contributed by atoms with Gasteiger partial charge in [-0.2, -0.15) is 0 Å². The van der Waals surface area contributed by atoms with Crippen LogP contribution in [0.2, 0.25) is 0 Å². The van der Waals surface area contributed by atoms with E-state index in [1.807, 2.05) is 0 Å². The van der Waals surface area contributed by atoms with Crippen LogP contribution < -0.4 is 9.47 Å². The SMILES string of the molecule is COc1cc(C(CO)COC2OC(CO)C(O)C(O)C2O)cc(O)c1OC. The number of aliphatic hydroxyl groups excluding tert-OH is 5. The third kappa shape index (κ3) is 4.61. The van der Waals surface area contributed by atoms with Crippen LogP contribution in [0.4, 0.5) is 0 Å². The predicted molar refractivity (Wildman–Crippen MR) is 90.8 cm³/mol. The normalized spacial score (nSPS) is 29.4. The lowest BCUT2D eigenvalue weighted by Gasteiger charge is -2.40. The van der Waals surface area contributed by atoms with Crippen molar-refractivity contribution in [2.24, 2.45) is 0 Å². The predicted octanol–water partition coefficient (Wildman–Crippen LogP) is -1.70. The van der Waals surface area contributed by atoms with Gasteiger partial charge in [-0.1, -0.05) is 0 Å². The second kappa shape index (κ2) is 9.51. The molecule has 0 aromatic heterocycles. The van der Waals surface area contributed by atoms with E-state index in [2.05, 4.69) is 0 Å². The van der Waals surface area contributed by atoms with Crippen LogP contribution >= 0.6 is 0 Å². The summed E-state index contributed by atoms with van der Waals surface area (Å²) in [5.41, 5.74) is 0.484. The van der Waals surface area contributed by atoms with Gasteiger partial charge in [-0.05, 0) is 17.7 Å². The van der Waals surface area contributed by atoms with Crippen LogP contribution in [-0.4, -0.2) is 95.4 Å². The van der Waals surface area contributed by atoms with Crippen LogP contribution in [0.15, 0.2) is 12.1 Å². The van der Waals surface area contributed by atoms with Gasteiger partial charge in [-0.3, -0.25) is 0 Å². The van der Waals surface area contributed by atoms with Crippen molar-refractivity contribution >= 4 is 0 Å². The van der Waals surface area contributed by atoms with E-state index in [4.69, 9.17) is 18.9 Å². The quantitative estimate of drug-likeness (QED) is 0.302. The Morgan fingerprint density at radius 2 is 1.74 bits per heavy atom. The van der Waals surface area contributed by atoms with Crippen molar-refractivity contribution < 1.29 is 49.6 Å². The average molecular weight is 390 g/mol. The molecule has 6 unspecified atom stereocenters. The third-order valence-electron chi connectivity index (χ3n) is 4.48. The van der Waals surface area contributed by atoms with Gasteiger partial charge in [0, 0.05) is 5.92 Å². The summed E-state index contributed by atoms with van der Waals surface area (Å²) in [4.78, 5) is 0. The molecule has 6 N–H and O–H groups in total. The van der Waals surface area contributed by atoms with Crippen LogP contribution in [-0.2, 0) is 9.47 Å². The molecule has 6 atom stereocenters. The molecule has 1 aromatic rings. The summed E-state index contributed by atoms with van der Waals surface area (Å²) in [6.45, 7) is -1.07. The van der Waals surface area contributed by atoms with Gasteiger partial charge in [-0.15, -0.1) is 0 Å². The zero-order valence-electron chi connectivity index (χ0n) is 15.1. The smallest absolute Gasteiger partial charge is 0.203 e. The number of benzene rings is 1. The summed E-state index contributed by atoms with van der Waals surface area (Å²) in [5, 5.41) is 58.5. The maximum atomic E-state index is 10.1. The first-order valence-electron chi connectivity index (χ1n) is 8.35. The van der Waals surface area contributed by atoms with E-state index >= 15 is 0 Å². The summed E-state index contributed by atoms with van der Waals surface area (Å²) >= 11 is 0. The van der Waals surface area contributed by atoms with Crippen molar-refractivity contribution in [3.63, 3.8) is 0 Å². The second-order valence-corrected chi connectivity index (χ2v) is 6.19. The van der Waals surface area contributed by atoms with Crippen molar-refractivity contribution in [1.82, 2.24) is 0 Å². The molecular weight excluding hydrogens is 364 g/mol. The lowest BCUT2D eigenvalue weighted by Crippen LogP contribution is -2.59. The Kier molecular flexibility index (Phi) is 7.62. The van der Waals surface area contributed by atoms with E-state index in [0.717, 1.165) is 0 Å². The Bertz CT molecular complexity index is 608. The summed E-state index contributed by atoms with van der Waals surface area (Å²) in [5.74, 6) is -0.396. The Morgan fingerprint density at radius 1 is 1.04 bits per heavy atom. The van der Waals surface area contributed by atoms with Gasteiger partial charge in [0.15, 0.2) is 17.8 Å². The van der Waals surface area contributed by atoms with Crippen LogP contribution in [0.1, 0.15) is 11.5 Å². The molecule has 10 heteroatoms. The molecule has 0 amide bonds. The standard InChI is InChI=1S/C17H26O10/c1-24-11-4-8(3-10(20)16(11)25-2)9(5-18)7-26-17-15(23)14(22)13(21)12(6-19)27-17/h3-4,9,12-15,17-23H,5-7H2,1-2H3. The molecule has 1 fully saturated rings. The highest BCUT2D eigenvalue weighted by atomic mass is 16.7. The molecule has 0 aliphatic carbocycles. The molecule has 0 radical (unpaired) electrons. The van der Waals surface area contributed by atoms with Gasteiger partial charge >= 0.3 is 0 Å². The van der Waals surface area contributed by atoms with Crippen molar-refractivity contribution in [2.75, 3.05) is 34.0 Å². The summed E-state index contributed by atoms with van der Waals surface area (Å²) in [7, 11) is 2.78. The fraction of sp³-hybridized carbons (Fsp3) is 0.647. The van der Waals surface area contributed by atoms with E-state index in [1.165, 1.54) is 20.3 Å². The zero-order chi connectivity index (χ0) is 20.1.